The third-order valence-electron chi connectivity index (χ3n) is 7.27. The molecule has 0 spiro atoms. The second kappa shape index (κ2) is 11.0. The first kappa shape index (κ1) is 26.6. The zero-order chi connectivity index (χ0) is 27.6. The number of nitrogens with one attached hydrogen (secondary N) is 2. The Kier molecular flexibility index (Phi) is 7.54. The highest BCUT2D eigenvalue weighted by molar-refractivity contribution is 5.69. The van der Waals surface area contributed by atoms with Crippen LogP contribution in [0.2, 0.25) is 0 Å². The molecule has 1 fully saturated rings. The third-order valence-corrected chi connectivity index (χ3v) is 7.27. The first-order valence-corrected chi connectivity index (χ1v) is 13.6. The van der Waals surface area contributed by atoms with E-state index < -0.39 is 17.7 Å². The van der Waals surface area contributed by atoms with Gasteiger partial charge >= 0.3 is 12.1 Å². The van der Waals surface area contributed by atoms with Crippen LogP contribution in [0.15, 0.2) is 42.9 Å². The van der Waals surface area contributed by atoms with Gasteiger partial charge in [0, 0.05) is 47.7 Å². The summed E-state index contributed by atoms with van der Waals surface area (Å²) in [4.78, 5) is 32.7. The number of fused-ring (bicyclic) bond motifs is 1. The molecule has 2 heterocycles. The van der Waals surface area contributed by atoms with Gasteiger partial charge in [-0.05, 0) is 70.4 Å². The molecule has 0 saturated heterocycles. The molecule has 3 aromatic rings. The van der Waals surface area contributed by atoms with Gasteiger partial charge in [-0.1, -0.05) is 24.3 Å². The molecular weight excluding hydrogens is 496 g/mol. The number of carbonyl (C=O) groups is 2. The van der Waals surface area contributed by atoms with Crippen molar-refractivity contribution in [3.05, 3.63) is 59.7 Å². The summed E-state index contributed by atoms with van der Waals surface area (Å²) >= 11 is 0. The second-order valence-corrected chi connectivity index (χ2v) is 11.5. The fourth-order valence-corrected chi connectivity index (χ4v) is 5.55. The quantitative estimate of drug-likeness (QED) is 0.404. The Morgan fingerprint density at radius 1 is 1.03 bits per heavy atom. The minimum absolute atomic E-state index is 0.0380. The number of carboxylic acids is 1. The molecule has 39 heavy (non-hydrogen) atoms. The summed E-state index contributed by atoms with van der Waals surface area (Å²) in [6.45, 7) is 5.32. The summed E-state index contributed by atoms with van der Waals surface area (Å²) in [6.07, 6.45) is 10.0. The molecule has 10 heteroatoms. The van der Waals surface area contributed by atoms with Crippen LogP contribution >= 0.6 is 0 Å². The molecule has 0 aliphatic heterocycles. The van der Waals surface area contributed by atoms with E-state index in [4.69, 9.17) is 4.74 Å². The van der Waals surface area contributed by atoms with E-state index in [0.29, 0.717) is 5.95 Å². The van der Waals surface area contributed by atoms with Crippen molar-refractivity contribution < 1.29 is 19.4 Å². The monoisotopic (exact) mass is 532 g/mol. The van der Waals surface area contributed by atoms with Crippen LogP contribution < -0.4 is 10.6 Å². The second-order valence-electron chi connectivity index (χ2n) is 11.5. The lowest BCUT2D eigenvalue weighted by atomic mass is 9.82. The summed E-state index contributed by atoms with van der Waals surface area (Å²) in [7, 11) is 0. The molecule has 2 aliphatic rings. The molecule has 2 aliphatic carbocycles. The Labute approximate surface area is 228 Å². The molecule has 1 saturated carbocycles. The molecule has 1 amide bonds. The fourth-order valence-electron chi connectivity index (χ4n) is 5.55. The van der Waals surface area contributed by atoms with Crippen molar-refractivity contribution in [3.8, 4) is 11.1 Å². The average Bonchev–Trinajstić information content (AvgIpc) is 3.47. The zero-order valence-electron chi connectivity index (χ0n) is 22.7. The molecule has 0 atom stereocenters. The molecule has 0 unspecified atom stereocenters. The molecular formula is C29H36N6O4. The van der Waals surface area contributed by atoms with E-state index in [1.165, 1.54) is 15.8 Å². The lowest BCUT2D eigenvalue weighted by molar-refractivity contribution is -0.137. The van der Waals surface area contributed by atoms with Crippen LogP contribution in [0.3, 0.4) is 0 Å². The number of aliphatic carboxylic acids is 1. The smallest absolute Gasteiger partial charge is 0.407 e. The Morgan fingerprint density at radius 3 is 2.26 bits per heavy atom. The predicted molar refractivity (Wildman–Crippen MR) is 147 cm³/mol. The summed E-state index contributed by atoms with van der Waals surface area (Å²) in [5, 5.41) is 20.4. The van der Waals surface area contributed by atoms with Gasteiger partial charge in [-0.25, -0.2) is 14.8 Å². The van der Waals surface area contributed by atoms with E-state index >= 15 is 0 Å². The number of hydrogen-bond donors (Lipinski definition) is 3. The minimum atomic E-state index is -0.950. The van der Waals surface area contributed by atoms with Crippen molar-refractivity contribution >= 4 is 18.0 Å². The van der Waals surface area contributed by atoms with Crippen molar-refractivity contribution in [2.24, 2.45) is 0 Å². The van der Waals surface area contributed by atoms with Crippen LogP contribution in [0.1, 0.15) is 69.2 Å². The summed E-state index contributed by atoms with van der Waals surface area (Å²) in [5.41, 5.74) is 4.68. The Morgan fingerprint density at radius 2 is 1.67 bits per heavy atom. The van der Waals surface area contributed by atoms with E-state index in [9.17, 15) is 14.7 Å². The lowest BCUT2D eigenvalue weighted by Crippen LogP contribution is -2.40. The Hall–Kier alpha value is -3.95. The largest absolute Gasteiger partial charge is 0.480 e. The molecule has 206 valence electrons. The average molecular weight is 533 g/mol. The molecule has 1 aromatic carbocycles. The highest BCUT2D eigenvalue weighted by Crippen LogP contribution is 2.37. The van der Waals surface area contributed by atoms with E-state index in [-0.39, 0.29) is 24.5 Å². The van der Waals surface area contributed by atoms with Crippen LogP contribution in [0, 0.1) is 0 Å². The molecule has 5 rings (SSSR count). The van der Waals surface area contributed by atoms with E-state index in [1.807, 2.05) is 20.8 Å². The number of carboxylic acid groups (broad SMARTS) is 1. The number of hydrogen-bond acceptors (Lipinski definition) is 7. The standard InChI is InChI=1S/C29H36N6O4/c1-29(2,3)39-28(38)33-22-10-8-18(9-11-22)26-24(16-35(34-26)17-25(36)37)21-14-30-27(31-15-21)32-23-12-19-6-4-5-7-20(19)13-23/h4-7,14-16,18,22-23H,8-13,17H2,1-3H3,(H,33,38)(H,36,37)(H,30,31,32). The maximum atomic E-state index is 12.2. The molecule has 0 radical (unpaired) electrons. The van der Waals surface area contributed by atoms with Crippen molar-refractivity contribution in [3.63, 3.8) is 0 Å². The molecule has 10 nitrogen and oxygen atoms in total. The van der Waals surface area contributed by atoms with Crippen molar-refractivity contribution in [2.75, 3.05) is 5.32 Å². The number of rotatable bonds is 7. The number of nitrogens with zero attached hydrogens (tertiary/aromatic N) is 4. The van der Waals surface area contributed by atoms with Gasteiger partial charge in [0.1, 0.15) is 12.1 Å². The summed E-state index contributed by atoms with van der Waals surface area (Å²) < 4.78 is 6.87. The SMILES string of the molecule is CC(C)(C)OC(=O)NC1CCC(c2nn(CC(=O)O)cc2-c2cnc(NC3Cc4ccccc4C3)nc2)CC1. The number of amides is 1. The minimum Gasteiger partial charge on any atom is -0.480 e. The lowest BCUT2D eigenvalue weighted by Gasteiger charge is -2.29. The molecule has 2 aromatic heterocycles. The number of alkyl carbamates (subject to hydrolysis) is 1. The van der Waals surface area contributed by atoms with Gasteiger partial charge in [-0.2, -0.15) is 5.10 Å². The maximum absolute atomic E-state index is 12.2. The Balaban J connectivity index is 1.26. The van der Waals surface area contributed by atoms with Gasteiger partial charge in [-0.3, -0.25) is 9.48 Å². The van der Waals surface area contributed by atoms with Crippen LogP contribution in [-0.2, 0) is 28.9 Å². The first-order chi connectivity index (χ1) is 18.6. The highest BCUT2D eigenvalue weighted by atomic mass is 16.6. The van der Waals surface area contributed by atoms with Gasteiger partial charge in [0.05, 0.1) is 5.69 Å². The maximum Gasteiger partial charge on any atom is 0.407 e. The summed E-state index contributed by atoms with van der Waals surface area (Å²) in [5.74, 6) is -0.236. The normalized spacial score (nSPS) is 19.4. The first-order valence-electron chi connectivity index (χ1n) is 13.6. The van der Waals surface area contributed by atoms with Crippen LogP contribution in [0.25, 0.3) is 11.1 Å². The molecule has 3 N–H and O–H groups in total. The predicted octanol–water partition coefficient (Wildman–Crippen LogP) is 4.55. The van der Waals surface area contributed by atoms with Crippen molar-refractivity contribution in [1.82, 2.24) is 25.1 Å². The van der Waals surface area contributed by atoms with E-state index in [2.05, 4.69) is 50.0 Å². The van der Waals surface area contributed by atoms with Crippen molar-refractivity contribution in [2.45, 2.75) is 89.4 Å². The topological polar surface area (TPSA) is 131 Å². The van der Waals surface area contributed by atoms with E-state index in [0.717, 1.165) is 55.3 Å². The third kappa shape index (κ3) is 6.74. The van der Waals surface area contributed by atoms with Gasteiger partial charge in [0.15, 0.2) is 0 Å². The number of ether oxygens (including phenoxy) is 1. The van der Waals surface area contributed by atoms with Gasteiger partial charge in [-0.15, -0.1) is 0 Å². The number of aromatic nitrogens is 4. The van der Waals surface area contributed by atoms with E-state index in [1.54, 1.807) is 18.6 Å². The van der Waals surface area contributed by atoms with Crippen molar-refractivity contribution in [1.29, 1.82) is 0 Å². The zero-order valence-corrected chi connectivity index (χ0v) is 22.7. The molecule has 0 bridgehead atoms. The number of benzene rings is 1. The van der Waals surface area contributed by atoms with Gasteiger partial charge in [0.25, 0.3) is 0 Å². The summed E-state index contributed by atoms with van der Waals surface area (Å²) in [6, 6.07) is 8.76. The highest BCUT2D eigenvalue weighted by Gasteiger charge is 2.29. The van der Waals surface area contributed by atoms with Crippen LogP contribution in [0.4, 0.5) is 10.7 Å². The van der Waals surface area contributed by atoms with Gasteiger partial charge < -0.3 is 20.5 Å². The fraction of sp³-hybridized carbons (Fsp3) is 0.483. The van der Waals surface area contributed by atoms with Gasteiger partial charge in [0.2, 0.25) is 5.95 Å². The Bertz CT molecular complexity index is 1300. The number of anilines is 1. The van der Waals surface area contributed by atoms with Crippen LogP contribution in [0.5, 0.6) is 0 Å². The van der Waals surface area contributed by atoms with Crippen LogP contribution in [-0.4, -0.2) is 54.6 Å². The number of carbonyl (C=O) groups excluding carboxylic acids is 1.